The topological polar surface area (TPSA) is 99.6 Å². The number of carbonyl (C=O) groups is 1. The number of ether oxygens (including phenoxy) is 3. The Morgan fingerprint density at radius 2 is 1.96 bits per heavy atom. The van der Waals surface area contributed by atoms with Gasteiger partial charge < -0.3 is 14.2 Å². The van der Waals surface area contributed by atoms with Gasteiger partial charge in [0, 0.05) is 6.20 Å². The minimum Gasteiger partial charge on any atom is -0.457 e. The van der Waals surface area contributed by atoms with Crippen molar-refractivity contribution in [2.45, 2.75) is 18.7 Å². The van der Waals surface area contributed by atoms with E-state index in [1.165, 1.54) is 0 Å². The molecule has 1 aliphatic rings. The standard InChI is InChI=1S/C16H13F3N2O6/c17-16(18,19)10-6-21(15(24)20-13(10)22)11-7-25-12(27-11)8-26-14(23)9-4-2-1-3-5-9/h1-6,11-12H,7-8H2,(H,20,22,24)/t11-,12+/m1/s1. The van der Waals surface area contributed by atoms with Crippen LogP contribution in [0.15, 0.2) is 46.1 Å². The van der Waals surface area contributed by atoms with Gasteiger partial charge in [-0.3, -0.25) is 14.3 Å². The fourth-order valence-electron chi connectivity index (χ4n) is 2.38. The molecule has 1 N–H and O–H groups in total. The summed E-state index contributed by atoms with van der Waals surface area (Å²) in [4.78, 5) is 36.5. The van der Waals surface area contributed by atoms with Crippen LogP contribution in [-0.4, -0.2) is 35.0 Å². The van der Waals surface area contributed by atoms with E-state index in [-0.39, 0.29) is 13.2 Å². The van der Waals surface area contributed by atoms with Crippen LogP contribution in [-0.2, 0) is 20.4 Å². The molecular formula is C16H13F3N2O6. The number of H-pyrrole nitrogens is 1. The van der Waals surface area contributed by atoms with Gasteiger partial charge in [0.05, 0.1) is 12.2 Å². The minimum absolute atomic E-state index is 0.267. The summed E-state index contributed by atoms with van der Waals surface area (Å²) in [6, 6.07) is 8.10. The van der Waals surface area contributed by atoms with Crippen LogP contribution in [0.4, 0.5) is 13.2 Å². The zero-order valence-corrected chi connectivity index (χ0v) is 13.6. The highest BCUT2D eigenvalue weighted by molar-refractivity contribution is 5.89. The van der Waals surface area contributed by atoms with Crippen LogP contribution in [0.25, 0.3) is 0 Å². The number of aromatic amines is 1. The summed E-state index contributed by atoms with van der Waals surface area (Å²) in [5, 5.41) is 0. The van der Waals surface area contributed by atoms with Gasteiger partial charge in [0.15, 0.2) is 12.5 Å². The monoisotopic (exact) mass is 386 g/mol. The predicted molar refractivity (Wildman–Crippen MR) is 82.9 cm³/mol. The zero-order valence-electron chi connectivity index (χ0n) is 13.6. The SMILES string of the molecule is O=C(OC[C@H]1OC[C@H](n2cc(C(F)(F)F)c(=O)[nH]c2=O)O1)c1ccccc1. The first-order valence-corrected chi connectivity index (χ1v) is 7.67. The summed E-state index contributed by atoms with van der Waals surface area (Å²) in [6.07, 6.45) is -6.85. The molecule has 1 saturated heterocycles. The Morgan fingerprint density at radius 1 is 1.26 bits per heavy atom. The van der Waals surface area contributed by atoms with E-state index in [0.717, 1.165) is 0 Å². The van der Waals surface area contributed by atoms with Crippen LogP contribution in [0.3, 0.4) is 0 Å². The molecule has 1 fully saturated rings. The molecule has 0 bridgehead atoms. The second-order valence-corrected chi connectivity index (χ2v) is 5.53. The number of carbonyl (C=O) groups excluding carboxylic acids is 1. The molecule has 2 heterocycles. The fourth-order valence-corrected chi connectivity index (χ4v) is 2.38. The lowest BCUT2D eigenvalue weighted by Gasteiger charge is -2.15. The number of nitrogens with zero attached hydrogens (tertiary/aromatic N) is 1. The number of aromatic nitrogens is 2. The lowest BCUT2D eigenvalue weighted by Crippen LogP contribution is -2.37. The third-order valence-corrected chi connectivity index (χ3v) is 3.68. The maximum absolute atomic E-state index is 12.8. The highest BCUT2D eigenvalue weighted by atomic mass is 19.4. The molecule has 144 valence electrons. The molecule has 0 unspecified atom stereocenters. The first kappa shape index (κ1) is 18.9. The third kappa shape index (κ3) is 4.26. The van der Waals surface area contributed by atoms with Crippen LogP contribution >= 0.6 is 0 Å². The van der Waals surface area contributed by atoms with Crippen molar-refractivity contribution < 1.29 is 32.2 Å². The van der Waals surface area contributed by atoms with Gasteiger partial charge in [-0.1, -0.05) is 18.2 Å². The summed E-state index contributed by atoms with van der Waals surface area (Å²) in [5.74, 6) is -0.633. The molecule has 0 amide bonds. The molecule has 1 aliphatic heterocycles. The van der Waals surface area contributed by atoms with Gasteiger partial charge >= 0.3 is 17.8 Å². The van der Waals surface area contributed by atoms with Crippen molar-refractivity contribution in [3.05, 3.63) is 68.5 Å². The lowest BCUT2D eigenvalue weighted by atomic mass is 10.2. The molecule has 8 nitrogen and oxygen atoms in total. The highest BCUT2D eigenvalue weighted by Crippen LogP contribution is 2.27. The molecule has 0 aliphatic carbocycles. The van der Waals surface area contributed by atoms with E-state index in [4.69, 9.17) is 14.2 Å². The molecule has 11 heteroatoms. The lowest BCUT2D eigenvalue weighted by molar-refractivity contribution is -0.139. The van der Waals surface area contributed by atoms with E-state index in [2.05, 4.69) is 0 Å². The van der Waals surface area contributed by atoms with Gasteiger partial charge in [0.25, 0.3) is 5.56 Å². The van der Waals surface area contributed by atoms with E-state index in [1.807, 2.05) is 0 Å². The second kappa shape index (κ2) is 7.37. The predicted octanol–water partition coefficient (Wildman–Crippen LogP) is 1.28. The summed E-state index contributed by atoms with van der Waals surface area (Å²) in [7, 11) is 0. The fraction of sp³-hybridized carbons (Fsp3) is 0.312. The van der Waals surface area contributed by atoms with Crippen molar-refractivity contribution in [3.63, 3.8) is 0 Å². The van der Waals surface area contributed by atoms with Crippen LogP contribution in [0.2, 0.25) is 0 Å². The Labute approximate surface area is 149 Å². The van der Waals surface area contributed by atoms with Gasteiger partial charge in [-0.15, -0.1) is 0 Å². The number of nitrogens with one attached hydrogen (secondary N) is 1. The number of hydrogen-bond acceptors (Lipinski definition) is 6. The largest absolute Gasteiger partial charge is 0.457 e. The van der Waals surface area contributed by atoms with Crippen LogP contribution in [0.1, 0.15) is 22.1 Å². The molecule has 2 atom stereocenters. The Bertz CT molecular complexity index is 938. The molecule has 1 aromatic carbocycles. The maximum Gasteiger partial charge on any atom is 0.423 e. The van der Waals surface area contributed by atoms with Crippen LogP contribution in [0, 0.1) is 0 Å². The van der Waals surface area contributed by atoms with E-state index in [1.54, 1.807) is 35.3 Å². The normalized spacial score (nSPS) is 19.8. The molecule has 0 spiro atoms. The van der Waals surface area contributed by atoms with Crippen LogP contribution < -0.4 is 11.2 Å². The maximum atomic E-state index is 12.8. The average Bonchev–Trinajstić information content (AvgIpc) is 3.08. The molecule has 3 rings (SSSR count). The minimum atomic E-state index is -4.94. The number of esters is 1. The Morgan fingerprint density at radius 3 is 2.63 bits per heavy atom. The van der Waals surface area contributed by atoms with Gasteiger partial charge in [0.1, 0.15) is 12.2 Å². The first-order valence-electron chi connectivity index (χ1n) is 7.67. The Balaban J connectivity index is 1.67. The third-order valence-electron chi connectivity index (χ3n) is 3.68. The number of rotatable bonds is 4. The number of hydrogen-bond donors (Lipinski definition) is 1. The van der Waals surface area contributed by atoms with Gasteiger partial charge in [0.2, 0.25) is 0 Å². The molecule has 2 aromatic rings. The quantitative estimate of drug-likeness (QED) is 0.795. The smallest absolute Gasteiger partial charge is 0.423 e. The van der Waals surface area contributed by atoms with Crippen molar-refractivity contribution in [2.75, 3.05) is 13.2 Å². The van der Waals surface area contributed by atoms with E-state index < -0.39 is 41.5 Å². The summed E-state index contributed by atoms with van der Waals surface area (Å²) >= 11 is 0. The summed E-state index contributed by atoms with van der Waals surface area (Å²) in [5.41, 5.74) is -3.86. The number of benzene rings is 1. The highest BCUT2D eigenvalue weighted by Gasteiger charge is 2.37. The van der Waals surface area contributed by atoms with Gasteiger partial charge in [-0.05, 0) is 12.1 Å². The van der Waals surface area contributed by atoms with Crippen molar-refractivity contribution in [1.29, 1.82) is 0 Å². The molecular weight excluding hydrogens is 373 g/mol. The van der Waals surface area contributed by atoms with Crippen LogP contribution in [0.5, 0.6) is 0 Å². The summed E-state index contributed by atoms with van der Waals surface area (Å²) < 4.78 is 54.6. The molecule has 1 aromatic heterocycles. The second-order valence-electron chi connectivity index (χ2n) is 5.53. The Kier molecular flexibility index (Phi) is 5.15. The van der Waals surface area contributed by atoms with E-state index in [0.29, 0.717) is 16.3 Å². The van der Waals surface area contributed by atoms with Crippen molar-refractivity contribution in [1.82, 2.24) is 9.55 Å². The number of alkyl halides is 3. The van der Waals surface area contributed by atoms with Gasteiger partial charge in [-0.2, -0.15) is 13.2 Å². The van der Waals surface area contributed by atoms with E-state index >= 15 is 0 Å². The number of halogens is 3. The van der Waals surface area contributed by atoms with Crippen molar-refractivity contribution in [2.24, 2.45) is 0 Å². The zero-order chi connectivity index (χ0) is 19.6. The molecule has 0 radical (unpaired) electrons. The summed E-state index contributed by atoms with van der Waals surface area (Å²) in [6.45, 7) is -0.592. The average molecular weight is 386 g/mol. The first-order chi connectivity index (χ1) is 12.8. The van der Waals surface area contributed by atoms with Crippen molar-refractivity contribution in [3.8, 4) is 0 Å². The molecule has 0 saturated carbocycles. The molecule has 27 heavy (non-hydrogen) atoms. The van der Waals surface area contributed by atoms with Gasteiger partial charge in [-0.25, -0.2) is 9.59 Å². The van der Waals surface area contributed by atoms with E-state index in [9.17, 15) is 27.6 Å². The van der Waals surface area contributed by atoms with Crippen molar-refractivity contribution >= 4 is 5.97 Å². The Hall–Kier alpha value is -2.92.